The van der Waals surface area contributed by atoms with Crippen LogP contribution in [0.15, 0.2) is 24.3 Å². The van der Waals surface area contributed by atoms with Gasteiger partial charge in [-0.3, -0.25) is 4.31 Å². The highest BCUT2D eigenvalue weighted by Crippen LogP contribution is 2.17. The van der Waals surface area contributed by atoms with Crippen molar-refractivity contribution < 1.29 is 13.3 Å². The lowest BCUT2D eigenvalue weighted by Gasteiger charge is -2.17. The first kappa shape index (κ1) is 13.0. The van der Waals surface area contributed by atoms with Gasteiger partial charge in [0.15, 0.2) is 0 Å². The van der Waals surface area contributed by atoms with Crippen LogP contribution in [0.5, 0.6) is 0 Å². The molecule has 6 heteroatoms. The predicted octanol–water partition coefficient (Wildman–Crippen LogP) is 0.515. The van der Waals surface area contributed by atoms with Crippen LogP contribution < -0.4 is 10.2 Å². The van der Waals surface area contributed by atoms with Crippen molar-refractivity contribution in [2.75, 3.05) is 24.2 Å². The van der Waals surface area contributed by atoms with Gasteiger partial charge in [0.25, 0.3) is 0 Å². The summed E-state index contributed by atoms with van der Waals surface area (Å²) in [7, 11) is -1.69. The second kappa shape index (κ2) is 5.29. The van der Waals surface area contributed by atoms with E-state index >= 15 is 0 Å². The molecule has 0 aliphatic heterocycles. The SMILES string of the molecule is CN(c1cccc(CCON)c1)S(C)(=O)=O. The van der Waals surface area contributed by atoms with E-state index in [4.69, 9.17) is 5.90 Å². The Labute approximate surface area is 95.8 Å². The number of nitrogens with zero attached hydrogens (tertiary/aromatic N) is 1. The van der Waals surface area contributed by atoms with Crippen molar-refractivity contribution in [2.45, 2.75) is 6.42 Å². The van der Waals surface area contributed by atoms with Crippen LogP contribution in [0.25, 0.3) is 0 Å². The molecule has 90 valence electrons. The van der Waals surface area contributed by atoms with Crippen molar-refractivity contribution in [1.82, 2.24) is 0 Å². The van der Waals surface area contributed by atoms with Gasteiger partial charge in [-0.15, -0.1) is 0 Å². The average molecular weight is 244 g/mol. The molecule has 1 rings (SSSR count). The molecule has 0 saturated carbocycles. The van der Waals surface area contributed by atoms with Crippen molar-refractivity contribution in [3.05, 3.63) is 29.8 Å². The number of rotatable bonds is 5. The Kier molecular flexibility index (Phi) is 4.28. The maximum Gasteiger partial charge on any atom is 0.231 e. The van der Waals surface area contributed by atoms with Crippen molar-refractivity contribution >= 4 is 15.7 Å². The van der Waals surface area contributed by atoms with Gasteiger partial charge in [0, 0.05) is 7.05 Å². The smallest absolute Gasteiger partial charge is 0.231 e. The van der Waals surface area contributed by atoms with Crippen molar-refractivity contribution in [1.29, 1.82) is 0 Å². The van der Waals surface area contributed by atoms with Crippen LogP contribution in [0, 0.1) is 0 Å². The summed E-state index contributed by atoms with van der Waals surface area (Å²) in [5.41, 5.74) is 1.62. The lowest BCUT2D eigenvalue weighted by Crippen LogP contribution is -2.24. The summed E-state index contributed by atoms with van der Waals surface area (Å²) in [6.45, 7) is 0.409. The molecule has 0 spiro atoms. The molecule has 1 aromatic rings. The molecule has 0 heterocycles. The average Bonchev–Trinajstić information content (AvgIpc) is 2.24. The van der Waals surface area contributed by atoms with E-state index in [1.807, 2.05) is 12.1 Å². The van der Waals surface area contributed by atoms with Gasteiger partial charge in [-0.05, 0) is 24.1 Å². The van der Waals surface area contributed by atoms with Gasteiger partial charge < -0.3 is 4.84 Å². The predicted molar refractivity (Wildman–Crippen MR) is 63.5 cm³/mol. The fourth-order valence-electron chi connectivity index (χ4n) is 1.28. The molecular weight excluding hydrogens is 228 g/mol. The molecule has 0 unspecified atom stereocenters. The molecule has 0 aliphatic rings. The second-order valence-corrected chi connectivity index (χ2v) is 5.53. The van der Waals surface area contributed by atoms with Gasteiger partial charge in [0.05, 0.1) is 18.6 Å². The van der Waals surface area contributed by atoms with E-state index < -0.39 is 10.0 Å². The lowest BCUT2D eigenvalue weighted by molar-refractivity contribution is 0.141. The number of hydrogen-bond acceptors (Lipinski definition) is 4. The Bertz CT molecular complexity index is 445. The van der Waals surface area contributed by atoms with Crippen molar-refractivity contribution in [3.63, 3.8) is 0 Å². The fourth-order valence-corrected chi connectivity index (χ4v) is 1.77. The summed E-state index contributed by atoms with van der Waals surface area (Å²) in [5, 5.41) is 0. The van der Waals surface area contributed by atoms with E-state index in [0.29, 0.717) is 18.7 Å². The van der Waals surface area contributed by atoms with Crippen LogP contribution in [0.2, 0.25) is 0 Å². The number of sulfonamides is 1. The van der Waals surface area contributed by atoms with Gasteiger partial charge in [-0.1, -0.05) is 12.1 Å². The fraction of sp³-hybridized carbons (Fsp3) is 0.400. The summed E-state index contributed by atoms with van der Waals surface area (Å²) in [4.78, 5) is 4.48. The first-order chi connectivity index (χ1) is 7.45. The summed E-state index contributed by atoms with van der Waals surface area (Å²) >= 11 is 0. The van der Waals surface area contributed by atoms with E-state index in [9.17, 15) is 8.42 Å². The minimum absolute atomic E-state index is 0.409. The molecular formula is C10H16N2O3S. The zero-order valence-electron chi connectivity index (χ0n) is 9.38. The quantitative estimate of drug-likeness (QED) is 0.766. The zero-order valence-corrected chi connectivity index (χ0v) is 10.2. The number of benzene rings is 1. The zero-order chi connectivity index (χ0) is 12.2. The summed E-state index contributed by atoms with van der Waals surface area (Å²) in [5.74, 6) is 4.94. The second-order valence-electron chi connectivity index (χ2n) is 3.52. The molecule has 0 radical (unpaired) electrons. The van der Waals surface area contributed by atoms with Crippen molar-refractivity contribution in [3.8, 4) is 0 Å². The van der Waals surface area contributed by atoms with Crippen LogP contribution in [-0.2, 0) is 21.3 Å². The molecule has 16 heavy (non-hydrogen) atoms. The monoisotopic (exact) mass is 244 g/mol. The molecule has 0 bridgehead atoms. The molecule has 0 atom stereocenters. The van der Waals surface area contributed by atoms with E-state index in [1.165, 1.54) is 17.6 Å². The molecule has 0 aromatic heterocycles. The molecule has 1 aromatic carbocycles. The molecule has 0 saturated heterocycles. The first-order valence-corrected chi connectivity index (χ1v) is 6.64. The Morgan fingerprint density at radius 1 is 1.44 bits per heavy atom. The van der Waals surface area contributed by atoms with Gasteiger partial charge in [0.2, 0.25) is 10.0 Å². The van der Waals surface area contributed by atoms with E-state index in [1.54, 1.807) is 12.1 Å². The molecule has 0 aliphatic carbocycles. The van der Waals surface area contributed by atoms with E-state index in [-0.39, 0.29) is 0 Å². The minimum Gasteiger partial charge on any atom is -0.304 e. The standard InChI is InChI=1S/C10H16N2O3S/c1-12(16(2,13)14)10-5-3-4-9(8-10)6-7-15-11/h3-5,8H,6-7,11H2,1-2H3. The summed E-state index contributed by atoms with van der Waals surface area (Å²) in [6.07, 6.45) is 1.82. The highest BCUT2D eigenvalue weighted by Gasteiger charge is 2.11. The number of nitrogens with two attached hydrogens (primary N) is 1. The summed E-state index contributed by atoms with van der Waals surface area (Å²) < 4.78 is 23.9. The normalized spacial score (nSPS) is 11.4. The van der Waals surface area contributed by atoms with Gasteiger partial charge in [0.1, 0.15) is 0 Å². The maximum atomic E-state index is 11.3. The largest absolute Gasteiger partial charge is 0.304 e. The van der Waals surface area contributed by atoms with Crippen LogP contribution in [0.4, 0.5) is 5.69 Å². The molecule has 0 amide bonds. The molecule has 5 nitrogen and oxygen atoms in total. The molecule has 2 N–H and O–H groups in total. The van der Waals surface area contributed by atoms with Crippen molar-refractivity contribution in [2.24, 2.45) is 5.90 Å². The third-order valence-electron chi connectivity index (χ3n) is 2.28. The number of anilines is 1. The third-order valence-corrected chi connectivity index (χ3v) is 3.49. The Balaban J connectivity index is 2.90. The lowest BCUT2D eigenvalue weighted by atomic mass is 10.1. The Morgan fingerprint density at radius 2 is 2.12 bits per heavy atom. The minimum atomic E-state index is -3.22. The van der Waals surface area contributed by atoms with Crippen LogP contribution in [-0.4, -0.2) is 28.3 Å². The number of hydrogen-bond donors (Lipinski definition) is 1. The molecule has 0 fully saturated rings. The van der Waals surface area contributed by atoms with Crippen LogP contribution in [0.1, 0.15) is 5.56 Å². The highest BCUT2D eigenvalue weighted by molar-refractivity contribution is 7.92. The Hall–Kier alpha value is -1.11. The van der Waals surface area contributed by atoms with E-state index in [0.717, 1.165) is 5.56 Å². The van der Waals surface area contributed by atoms with Crippen LogP contribution >= 0.6 is 0 Å². The maximum absolute atomic E-state index is 11.3. The van der Waals surface area contributed by atoms with E-state index in [2.05, 4.69) is 4.84 Å². The highest BCUT2D eigenvalue weighted by atomic mass is 32.2. The third kappa shape index (κ3) is 3.48. The van der Waals surface area contributed by atoms with Gasteiger partial charge in [-0.25, -0.2) is 14.3 Å². The Morgan fingerprint density at radius 3 is 2.69 bits per heavy atom. The topological polar surface area (TPSA) is 72.6 Å². The summed E-state index contributed by atoms with van der Waals surface area (Å²) in [6, 6.07) is 7.26. The van der Waals surface area contributed by atoms with Gasteiger partial charge in [-0.2, -0.15) is 0 Å². The van der Waals surface area contributed by atoms with Crippen LogP contribution in [0.3, 0.4) is 0 Å². The first-order valence-electron chi connectivity index (χ1n) is 4.79. The van der Waals surface area contributed by atoms with Gasteiger partial charge >= 0.3 is 0 Å².